The molecule has 3 heteroatoms. The van der Waals surface area contributed by atoms with Gasteiger partial charge in [-0.3, -0.25) is 9.48 Å². The van der Waals surface area contributed by atoms with Crippen LogP contribution in [-0.2, 0) is 11.3 Å². The molecule has 0 aliphatic heterocycles. The molecule has 0 fully saturated rings. The Balaban J connectivity index is 2.45. The molecule has 0 saturated carbocycles. The predicted octanol–water partition coefficient (Wildman–Crippen LogP) is 1.17. The molecular weight excluding hydrogens is 140 g/mol. The first-order valence-electron chi connectivity index (χ1n) is 3.68. The van der Waals surface area contributed by atoms with Crippen molar-refractivity contribution in [2.24, 2.45) is 0 Å². The second-order valence-electron chi connectivity index (χ2n) is 2.67. The van der Waals surface area contributed by atoms with Crippen LogP contribution >= 0.6 is 0 Å². The van der Waals surface area contributed by atoms with E-state index in [0.717, 1.165) is 5.69 Å². The summed E-state index contributed by atoms with van der Waals surface area (Å²) in [5.74, 6) is 0.207. The minimum Gasteiger partial charge on any atom is -0.300 e. The van der Waals surface area contributed by atoms with Gasteiger partial charge in [0.2, 0.25) is 0 Å². The van der Waals surface area contributed by atoms with E-state index < -0.39 is 0 Å². The highest BCUT2D eigenvalue weighted by Gasteiger charge is 1.95. The minimum absolute atomic E-state index is 0.207. The summed E-state index contributed by atoms with van der Waals surface area (Å²) in [6.45, 7) is 4.23. The fourth-order valence-electron chi connectivity index (χ4n) is 0.860. The van der Waals surface area contributed by atoms with Gasteiger partial charge in [-0.25, -0.2) is 0 Å². The van der Waals surface area contributed by atoms with Crippen molar-refractivity contribution in [1.29, 1.82) is 0 Å². The van der Waals surface area contributed by atoms with Gasteiger partial charge in [-0.2, -0.15) is 5.10 Å². The fraction of sp³-hybridized carbons (Fsp3) is 0.500. The molecule has 0 saturated heterocycles. The minimum atomic E-state index is 0.207. The number of Topliss-reactive ketones (excluding diaryl/α,β-unsaturated/α-hetero) is 1. The number of carbonyl (C=O) groups excluding carboxylic acids is 1. The number of rotatable bonds is 3. The van der Waals surface area contributed by atoms with E-state index in [1.54, 1.807) is 11.6 Å². The molecule has 0 aromatic carbocycles. The Morgan fingerprint density at radius 2 is 2.45 bits per heavy atom. The van der Waals surface area contributed by atoms with Crippen molar-refractivity contribution in [3.05, 3.63) is 18.0 Å². The summed E-state index contributed by atoms with van der Waals surface area (Å²) < 4.78 is 1.79. The summed E-state index contributed by atoms with van der Waals surface area (Å²) in [5, 5.41) is 4.15. The van der Waals surface area contributed by atoms with Gasteiger partial charge in [0.05, 0.1) is 5.69 Å². The second-order valence-corrected chi connectivity index (χ2v) is 2.67. The van der Waals surface area contributed by atoms with Crippen molar-refractivity contribution >= 4 is 5.78 Å². The van der Waals surface area contributed by atoms with Crippen LogP contribution < -0.4 is 0 Å². The third-order valence-electron chi connectivity index (χ3n) is 1.47. The van der Waals surface area contributed by atoms with Crippen LogP contribution in [0.5, 0.6) is 0 Å². The van der Waals surface area contributed by atoms with Crippen LogP contribution in [0.3, 0.4) is 0 Å². The van der Waals surface area contributed by atoms with Gasteiger partial charge in [0, 0.05) is 19.2 Å². The molecule has 0 aliphatic carbocycles. The van der Waals surface area contributed by atoms with E-state index in [9.17, 15) is 4.79 Å². The lowest BCUT2D eigenvalue weighted by molar-refractivity contribution is -0.117. The largest absolute Gasteiger partial charge is 0.300 e. The molecule has 0 unspecified atom stereocenters. The number of nitrogens with zero attached hydrogens (tertiary/aromatic N) is 2. The van der Waals surface area contributed by atoms with E-state index in [4.69, 9.17) is 0 Å². The molecule has 1 aromatic heterocycles. The van der Waals surface area contributed by atoms with Crippen LogP contribution in [0.15, 0.2) is 12.3 Å². The molecule has 0 amide bonds. The molecule has 0 bridgehead atoms. The molecule has 3 nitrogen and oxygen atoms in total. The Morgan fingerprint density at radius 3 is 2.91 bits per heavy atom. The van der Waals surface area contributed by atoms with Crippen LogP contribution in [0.2, 0.25) is 0 Å². The van der Waals surface area contributed by atoms with Crippen LogP contribution in [0.4, 0.5) is 0 Å². The quantitative estimate of drug-likeness (QED) is 0.651. The topological polar surface area (TPSA) is 34.9 Å². The summed E-state index contributed by atoms with van der Waals surface area (Å²) in [6.07, 6.45) is 2.46. The van der Waals surface area contributed by atoms with E-state index in [2.05, 4.69) is 5.10 Å². The molecule has 1 rings (SSSR count). The molecule has 60 valence electrons. The average Bonchev–Trinajstić information content (AvgIpc) is 2.31. The van der Waals surface area contributed by atoms with E-state index in [1.807, 2.05) is 19.2 Å². The second kappa shape index (κ2) is 3.32. The monoisotopic (exact) mass is 152 g/mol. The van der Waals surface area contributed by atoms with Gasteiger partial charge < -0.3 is 0 Å². The molecule has 1 heterocycles. The standard InChI is InChI=1S/C8H12N2O/c1-7-3-5-10(9-7)6-4-8(2)11/h3,5H,4,6H2,1-2H3. The van der Waals surface area contributed by atoms with E-state index >= 15 is 0 Å². The van der Waals surface area contributed by atoms with Crippen molar-refractivity contribution in [1.82, 2.24) is 9.78 Å². The van der Waals surface area contributed by atoms with Crippen molar-refractivity contribution in [3.63, 3.8) is 0 Å². The first-order chi connectivity index (χ1) is 5.18. The molecule has 11 heavy (non-hydrogen) atoms. The van der Waals surface area contributed by atoms with Crippen LogP contribution in [0, 0.1) is 6.92 Å². The normalized spacial score (nSPS) is 10.0. The zero-order chi connectivity index (χ0) is 8.27. The van der Waals surface area contributed by atoms with E-state index in [-0.39, 0.29) is 5.78 Å². The third kappa shape index (κ3) is 2.53. The highest BCUT2D eigenvalue weighted by atomic mass is 16.1. The lowest BCUT2D eigenvalue weighted by Gasteiger charge is -1.96. The first-order valence-corrected chi connectivity index (χ1v) is 3.68. The Kier molecular flexibility index (Phi) is 2.41. The molecule has 0 atom stereocenters. The van der Waals surface area contributed by atoms with Gasteiger partial charge in [0.1, 0.15) is 5.78 Å². The fourth-order valence-corrected chi connectivity index (χ4v) is 0.860. The lowest BCUT2D eigenvalue weighted by atomic mass is 10.3. The van der Waals surface area contributed by atoms with Gasteiger partial charge in [-0.15, -0.1) is 0 Å². The van der Waals surface area contributed by atoms with Gasteiger partial charge in [0.25, 0.3) is 0 Å². The number of ketones is 1. The Bertz CT molecular complexity index is 252. The van der Waals surface area contributed by atoms with Gasteiger partial charge >= 0.3 is 0 Å². The maximum atomic E-state index is 10.6. The summed E-state index contributed by atoms with van der Waals surface area (Å²) in [6, 6.07) is 1.93. The predicted molar refractivity (Wildman–Crippen MR) is 42.3 cm³/mol. The first kappa shape index (κ1) is 7.98. The number of hydrogen-bond acceptors (Lipinski definition) is 2. The molecule has 0 spiro atoms. The highest BCUT2D eigenvalue weighted by Crippen LogP contribution is 1.94. The van der Waals surface area contributed by atoms with Crippen molar-refractivity contribution in [3.8, 4) is 0 Å². The average molecular weight is 152 g/mol. The third-order valence-corrected chi connectivity index (χ3v) is 1.47. The zero-order valence-corrected chi connectivity index (χ0v) is 6.87. The Labute approximate surface area is 66.0 Å². The molecule has 0 radical (unpaired) electrons. The maximum absolute atomic E-state index is 10.6. The zero-order valence-electron chi connectivity index (χ0n) is 6.87. The smallest absolute Gasteiger partial charge is 0.131 e. The summed E-state index contributed by atoms with van der Waals surface area (Å²) in [7, 11) is 0. The number of hydrogen-bond donors (Lipinski definition) is 0. The molecule has 1 aromatic rings. The van der Waals surface area contributed by atoms with Gasteiger partial charge in [0.15, 0.2) is 0 Å². The molecular formula is C8H12N2O. The number of carbonyl (C=O) groups is 1. The van der Waals surface area contributed by atoms with Crippen LogP contribution in [-0.4, -0.2) is 15.6 Å². The lowest BCUT2D eigenvalue weighted by Crippen LogP contribution is -2.02. The van der Waals surface area contributed by atoms with Crippen molar-refractivity contribution in [2.75, 3.05) is 0 Å². The molecule has 0 aliphatic rings. The summed E-state index contributed by atoms with van der Waals surface area (Å²) in [5.41, 5.74) is 0.994. The number of aryl methyl sites for hydroxylation is 2. The Morgan fingerprint density at radius 1 is 1.73 bits per heavy atom. The highest BCUT2D eigenvalue weighted by molar-refractivity contribution is 5.75. The van der Waals surface area contributed by atoms with Gasteiger partial charge in [-0.05, 0) is 19.9 Å². The summed E-state index contributed by atoms with van der Waals surface area (Å²) in [4.78, 5) is 10.6. The van der Waals surface area contributed by atoms with Gasteiger partial charge in [-0.1, -0.05) is 0 Å². The van der Waals surface area contributed by atoms with E-state index in [0.29, 0.717) is 13.0 Å². The SMILES string of the molecule is CC(=O)CCn1ccc(C)n1. The Hall–Kier alpha value is -1.12. The van der Waals surface area contributed by atoms with Crippen molar-refractivity contribution in [2.45, 2.75) is 26.8 Å². The molecule has 0 N–H and O–H groups in total. The van der Waals surface area contributed by atoms with E-state index in [1.165, 1.54) is 0 Å². The summed E-state index contributed by atoms with van der Waals surface area (Å²) >= 11 is 0. The van der Waals surface area contributed by atoms with Crippen molar-refractivity contribution < 1.29 is 4.79 Å². The van der Waals surface area contributed by atoms with Crippen LogP contribution in [0.25, 0.3) is 0 Å². The van der Waals surface area contributed by atoms with Crippen LogP contribution in [0.1, 0.15) is 19.0 Å². The maximum Gasteiger partial charge on any atom is 0.131 e. The number of aromatic nitrogens is 2.